The first-order chi connectivity index (χ1) is 9.95. The summed E-state index contributed by atoms with van der Waals surface area (Å²) in [5, 5.41) is -0.196. The topological polar surface area (TPSA) is 21.1 Å². The molecule has 2 unspecified atom stereocenters. The summed E-state index contributed by atoms with van der Waals surface area (Å²) in [5.41, 5.74) is 1.62. The van der Waals surface area contributed by atoms with Crippen molar-refractivity contribution in [2.45, 2.75) is 25.3 Å². The van der Waals surface area contributed by atoms with Crippen LogP contribution in [0.2, 0.25) is 0 Å². The predicted molar refractivity (Wildman–Crippen MR) is 87.3 cm³/mol. The number of nitrogens with zero attached hydrogens (tertiary/aromatic N) is 3. The fourth-order valence-corrected chi connectivity index (χ4v) is 3.57. The van der Waals surface area contributed by atoms with E-state index in [4.69, 9.17) is 11.6 Å². The summed E-state index contributed by atoms with van der Waals surface area (Å²) < 4.78 is 16.4. The number of hydrogen-bond donors (Lipinski definition) is 0. The third kappa shape index (κ3) is 2.96. The van der Waals surface area contributed by atoms with Crippen LogP contribution in [0.4, 0.5) is 4.39 Å². The molecule has 2 atom stereocenters. The van der Waals surface area contributed by atoms with Crippen LogP contribution in [0.25, 0.3) is 11.0 Å². The molecule has 1 fully saturated rings. The Balaban J connectivity index is 2.05. The predicted octanol–water partition coefficient (Wildman–Crippen LogP) is 4.19. The molecule has 0 N–H and O–H groups in total. The monoisotopic (exact) mass is 373 g/mol. The lowest BCUT2D eigenvalue weighted by Gasteiger charge is -2.15. The lowest BCUT2D eigenvalue weighted by Crippen LogP contribution is -2.18. The number of hydrogen-bond acceptors (Lipinski definition) is 2. The Morgan fingerprint density at radius 3 is 2.90 bits per heavy atom. The molecule has 1 aliphatic rings. The van der Waals surface area contributed by atoms with E-state index in [-0.39, 0.29) is 11.2 Å². The smallest absolute Gasteiger partial charge is 0.139 e. The van der Waals surface area contributed by atoms with Crippen LogP contribution < -0.4 is 0 Å². The Labute approximate surface area is 137 Å². The molecule has 1 aromatic heterocycles. The van der Waals surface area contributed by atoms with Crippen molar-refractivity contribution in [3.8, 4) is 0 Å². The van der Waals surface area contributed by atoms with E-state index < -0.39 is 0 Å². The Bertz CT molecular complexity index is 670. The zero-order valence-electron chi connectivity index (χ0n) is 12.1. The number of rotatable bonds is 3. The molecule has 21 heavy (non-hydrogen) atoms. The van der Waals surface area contributed by atoms with E-state index in [2.05, 4.69) is 37.4 Å². The summed E-state index contributed by atoms with van der Waals surface area (Å²) in [6.07, 6.45) is 1.16. The lowest BCUT2D eigenvalue weighted by molar-refractivity contribution is 0.377. The molecule has 1 saturated heterocycles. The second kappa shape index (κ2) is 5.86. The number of likely N-dealkylation sites (tertiary alicyclic amines) is 1. The second-order valence-corrected chi connectivity index (χ2v) is 7.38. The van der Waals surface area contributed by atoms with Crippen LogP contribution in [-0.2, 0) is 6.54 Å². The molecule has 0 amide bonds. The Morgan fingerprint density at radius 2 is 2.29 bits per heavy atom. The minimum absolute atomic E-state index is 0.196. The second-order valence-electron chi connectivity index (χ2n) is 5.87. The maximum absolute atomic E-state index is 13.9. The highest BCUT2D eigenvalue weighted by Crippen LogP contribution is 2.30. The average Bonchev–Trinajstić information content (AvgIpc) is 2.96. The molecular formula is C15H18BrClFN3. The molecule has 1 aromatic carbocycles. The van der Waals surface area contributed by atoms with E-state index in [9.17, 15) is 4.39 Å². The van der Waals surface area contributed by atoms with Gasteiger partial charge in [-0.05, 0) is 54.9 Å². The molecule has 0 aliphatic carbocycles. The summed E-state index contributed by atoms with van der Waals surface area (Å²) in [6.45, 7) is 4.93. The van der Waals surface area contributed by atoms with E-state index in [1.807, 2.05) is 6.92 Å². The minimum Gasteiger partial charge on any atom is -0.326 e. The van der Waals surface area contributed by atoms with Crippen LogP contribution in [-0.4, -0.2) is 34.6 Å². The van der Waals surface area contributed by atoms with E-state index in [1.54, 1.807) is 12.1 Å². The molecule has 0 radical (unpaired) electrons. The van der Waals surface area contributed by atoms with Crippen molar-refractivity contribution in [1.82, 2.24) is 14.5 Å². The molecule has 2 heterocycles. The van der Waals surface area contributed by atoms with Crippen molar-refractivity contribution in [2.75, 3.05) is 20.1 Å². The SMILES string of the molecule is CC(Cl)c1nc2cc(Br)c(F)cc2n1CC1CCN(C)C1. The van der Waals surface area contributed by atoms with Crippen molar-refractivity contribution in [1.29, 1.82) is 0 Å². The first-order valence-corrected chi connectivity index (χ1v) is 8.36. The molecule has 6 heteroatoms. The Kier molecular flexibility index (Phi) is 4.26. The van der Waals surface area contributed by atoms with Gasteiger partial charge in [-0.25, -0.2) is 9.37 Å². The van der Waals surface area contributed by atoms with Crippen LogP contribution in [0.3, 0.4) is 0 Å². The van der Waals surface area contributed by atoms with E-state index in [0.29, 0.717) is 10.4 Å². The van der Waals surface area contributed by atoms with Crippen LogP contribution in [0, 0.1) is 11.7 Å². The molecule has 3 nitrogen and oxygen atoms in total. The van der Waals surface area contributed by atoms with Gasteiger partial charge < -0.3 is 9.47 Å². The highest BCUT2D eigenvalue weighted by atomic mass is 79.9. The van der Waals surface area contributed by atoms with Gasteiger partial charge in [0.05, 0.1) is 20.9 Å². The summed E-state index contributed by atoms with van der Waals surface area (Å²) in [5.74, 6) is 1.12. The van der Waals surface area contributed by atoms with Gasteiger partial charge in [-0.3, -0.25) is 0 Å². The molecule has 2 aromatic rings. The van der Waals surface area contributed by atoms with Gasteiger partial charge in [-0.2, -0.15) is 0 Å². The average molecular weight is 375 g/mol. The molecule has 0 spiro atoms. The number of alkyl halides is 1. The summed E-state index contributed by atoms with van der Waals surface area (Å²) >= 11 is 9.49. The highest BCUT2D eigenvalue weighted by Gasteiger charge is 2.24. The van der Waals surface area contributed by atoms with Crippen LogP contribution in [0.15, 0.2) is 16.6 Å². The van der Waals surface area contributed by atoms with Crippen LogP contribution >= 0.6 is 27.5 Å². The standard InChI is InChI=1S/C15H18BrClFN3/c1-9(17)15-19-13-5-11(16)12(18)6-14(13)21(15)8-10-3-4-20(2)7-10/h5-6,9-10H,3-4,7-8H2,1-2H3. The summed E-state index contributed by atoms with van der Waals surface area (Å²) in [6, 6.07) is 3.28. The normalized spacial score (nSPS) is 21.3. The fraction of sp³-hybridized carbons (Fsp3) is 0.533. The van der Waals surface area contributed by atoms with E-state index >= 15 is 0 Å². The summed E-state index contributed by atoms with van der Waals surface area (Å²) in [4.78, 5) is 6.92. The molecule has 0 bridgehead atoms. The maximum Gasteiger partial charge on any atom is 0.139 e. The third-order valence-electron chi connectivity index (χ3n) is 4.11. The largest absolute Gasteiger partial charge is 0.326 e. The van der Waals surface area contributed by atoms with Gasteiger partial charge in [0.1, 0.15) is 11.6 Å². The zero-order chi connectivity index (χ0) is 15.1. The molecular weight excluding hydrogens is 357 g/mol. The quantitative estimate of drug-likeness (QED) is 0.751. The van der Waals surface area contributed by atoms with Crippen molar-refractivity contribution >= 4 is 38.6 Å². The van der Waals surface area contributed by atoms with Crippen molar-refractivity contribution in [3.05, 3.63) is 28.2 Å². The third-order valence-corrected chi connectivity index (χ3v) is 4.91. The van der Waals surface area contributed by atoms with Gasteiger partial charge in [0, 0.05) is 19.2 Å². The van der Waals surface area contributed by atoms with Gasteiger partial charge >= 0.3 is 0 Å². The van der Waals surface area contributed by atoms with Crippen LogP contribution in [0.1, 0.15) is 24.5 Å². The summed E-state index contributed by atoms with van der Waals surface area (Å²) in [7, 11) is 2.13. The van der Waals surface area contributed by atoms with E-state index in [0.717, 1.165) is 42.9 Å². The first-order valence-electron chi connectivity index (χ1n) is 7.13. The highest BCUT2D eigenvalue weighted by molar-refractivity contribution is 9.10. The molecule has 0 saturated carbocycles. The zero-order valence-corrected chi connectivity index (χ0v) is 14.5. The van der Waals surface area contributed by atoms with Crippen molar-refractivity contribution < 1.29 is 4.39 Å². The number of aromatic nitrogens is 2. The number of fused-ring (bicyclic) bond motifs is 1. The van der Waals surface area contributed by atoms with Gasteiger partial charge in [0.15, 0.2) is 0 Å². The van der Waals surface area contributed by atoms with Gasteiger partial charge in [-0.15, -0.1) is 11.6 Å². The lowest BCUT2D eigenvalue weighted by atomic mass is 10.1. The van der Waals surface area contributed by atoms with E-state index in [1.165, 1.54) is 0 Å². The van der Waals surface area contributed by atoms with Gasteiger partial charge in [-0.1, -0.05) is 0 Å². The molecule has 114 valence electrons. The fourth-order valence-electron chi connectivity index (χ4n) is 3.07. The number of imidazole rings is 1. The molecule has 3 rings (SSSR count). The van der Waals surface area contributed by atoms with Crippen LogP contribution in [0.5, 0.6) is 0 Å². The number of halogens is 3. The van der Waals surface area contributed by atoms with Crippen molar-refractivity contribution in [3.63, 3.8) is 0 Å². The van der Waals surface area contributed by atoms with Crippen molar-refractivity contribution in [2.24, 2.45) is 5.92 Å². The van der Waals surface area contributed by atoms with Gasteiger partial charge in [0.2, 0.25) is 0 Å². The van der Waals surface area contributed by atoms with Gasteiger partial charge in [0.25, 0.3) is 0 Å². The molecule has 1 aliphatic heterocycles. The Morgan fingerprint density at radius 1 is 1.52 bits per heavy atom. The first kappa shape index (κ1) is 15.3. The minimum atomic E-state index is -0.263. The number of benzene rings is 1. The maximum atomic E-state index is 13.9. The Hall–Kier alpha value is -0.650.